The lowest BCUT2D eigenvalue weighted by Gasteiger charge is -2.35. The number of carbonyl (C=O) groups excluding carboxylic acids is 2. The molecule has 1 unspecified atom stereocenters. The number of hydrogen-bond acceptors (Lipinski definition) is 3. The van der Waals surface area contributed by atoms with Crippen LogP contribution in [0.3, 0.4) is 0 Å². The third-order valence-electron chi connectivity index (χ3n) is 5.01. The van der Waals surface area contributed by atoms with Gasteiger partial charge in [0.05, 0.1) is 0 Å². The third-order valence-corrected chi connectivity index (χ3v) is 5.01. The Hall–Kier alpha value is -3.15. The lowest BCUT2D eigenvalue weighted by Crippen LogP contribution is -2.43. The van der Waals surface area contributed by atoms with Crippen LogP contribution in [0.2, 0.25) is 0 Å². The third kappa shape index (κ3) is 4.97. The number of anilines is 1. The van der Waals surface area contributed by atoms with E-state index in [-0.39, 0.29) is 24.3 Å². The number of rotatable bonds is 6. The highest BCUT2D eigenvalue weighted by Crippen LogP contribution is 2.23. The fourth-order valence-corrected chi connectivity index (χ4v) is 3.51. The highest BCUT2D eigenvalue weighted by molar-refractivity contribution is 6.04. The van der Waals surface area contributed by atoms with Gasteiger partial charge in [-0.1, -0.05) is 18.2 Å². The van der Waals surface area contributed by atoms with Crippen LogP contribution in [0, 0.1) is 0 Å². The van der Waals surface area contributed by atoms with E-state index >= 15 is 0 Å². The van der Waals surface area contributed by atoms with E-state index in [1.807, 2.05) is 6.07 Å². The molecule has 3 rings (SSSR count). The van der Waals surface area contributed by atoms with Gasteiger partial charge in [-0.3, -0.25) is 14.4 Å². The fourth-order valence-electron chi connectivity index (χ4n) is 3.51. The summed E-state index contributed by atoms with van der Waals surface area (Å²) in [4.78, 5) is 37.8. The van der Waals surface area contributed by atoms with Crippen molar-refractivity contribution in [2.75, 3.05) is 11.9 Å². The Labute approximate surface area is 164 Å². The number of nitrogens with one attached hydrogen (secondary N) is 1. The van der Waals surface area contributed by atoms with E-state index in [1.165, 1.54) is 0 Å². The molecule has 1 fully saturated rings. The number of carbonyl (C=O) groups is 3. The van der Waals surface area contributed by atoms with E-state index in [1.54, 1.807) is 53.4 Å². The van der Waals surface area contributed by atoms with Gasteiger partial charge in [-0.25, -0.2) is 0 Å². The average molecular weight is 380 g/mol. The number of carboxylic acid groups (broad SMARTS) is 1. The zero-order valence-electron chi connectivity index (χ0n) is 15.6. The van der Waals surface area contributed by atoms with Crippen LogP contribution in [0.15, 0.2) is 54.6 Å². The van der Waals surface area contributed by atoms with Crippen molar-refractivity contribution in [3.63, 3.8) is 0 Å². The van der Waals surface area contributed by atoms with E-state index in [0.29, 0.717) is 29.8 Å². The molecule has 0 saturated carbocycles. The average Bonchev–Trinajstić information content (AvgIpc) is 2.73. The molecule has 0 bridgehead atoms. The van der Waals surface area contributed by atoms with Gasteiger partial charge >= 0.3 is 5.97 Å². The molecular weight excluding hydrogens is 356 g/mol. The molecule has 2 aromatic rings. The molecule has 2 N–H and O–H groups in total. The first-order valence-electron chi connectivity index (χ1n) is 9.54. The van der Waals surface area contributed by atoms with Crippen LogP contribution in [0.4, 0.5) is 5.69 Å². The van der Waals surface area contributed by atoms with Crippen molar-refractivity contribution in [3.8, 4) is 0 Å². The van der Waals surface area contributed by atoms with E-state index in [0.717, 1.165) is 19.3 Å². The predicted molar refractivity (Wildman–Crippen MR) is 106 cm³/mol. The van der Waals surface area contributed by atoms with Crippen molar-refractivity contribution in [1.82, 2.24) is 4.90 Å². The molecule has 1 atom stereocenters. The van der Waals surface area contributed by atoms with Crippen LogP contribution in [-0.2, 0) is 4.79 Å². The Kier molecular flexibility index (Phi) is 6.42. The van der Waals surface area contributed by atoms with Crippen molar-refractivity contribution >= 4 is 23.5 Å². The minimum Gasteiger partial charge on any atom is -0.481 e. The van der Waals surface area contributed by atoms with E-state index in [2.05, 4.69) is 5.32 Å². The van der Waals surface area contributed by atoms with Gasteiger partial charge in [0.25, 0.3) is 11.8 Å². The molecule has 28 heavy (non-hydrogen) atoms. The molecular formula is C22H24N2O4. The van der Waals surface area contributed by atoms with Crippen LogP contribution in [0.1, 0.15) is 52.8 Å². The molecule has 0 aromatic heterocycles. The molecule has 1 saturated heterocycles. The van der Waals surface area contributed by atoms with Crippen molar-refractivity contribution in [2.45, 2.75) is 38.1 Å². The second kappa shape index (κ2) is 9.17. The van der Waals surface area contributed by atoms with Crippen LogP contribution < -0.4 is 5.32 Å². The number of likely N-dealkylation sites (tertiary alicyclic amines) is 1. The van der Waals surface area contributed by atoms with Gasteiger partial charge in [-0.15, -0.1) is 0 Å². The maximum atomic E-state index is 12.9. The van der Waals surface area contributed by atoms with Gasteiger partial charge in [0, 0.05) is 35.8 Å². The molecule has 0 aliphatic carbocycles. The maximum Gasteiger partial charge on any atom is 0.303 e. The minimum atomic E-state index is -0.837. The Bertz CT molecular complexity index is 833. The Balaban J connectivity index is 1.65. The Morgan fingerprint density at radius 3 is 2.36 bits per heavy atom. The molecule has 0 radical (unpaired) electrons. The lowest BCUT2D eigenvalue weighted by molar-refractivity contribution is -0.137. The number of amides is 2. The van der Waals surface area contributed by atoms with Crippen molar-refractivity contribution < 1.29 is 19.5 Å². The Morgan fingerprint density at radius 2 is 1.68 bits per heavy atom. The number of aliphatic carboxylic acids is 1. The molecule has 2 aromatic carbocycles. The maximum absolute atomic E-state index is 12.9. The number of nitrogens with zero attached hydrogens (tertiary/aromatic N) is 1. The molecule has 6 nitrogen and oxygen atoms in total. The highest BCUT2D eigenvalue weighted by atomic mass is 16.4. The summed E-state index contributed by atoms with van der Waals surface area (Å²) in [6.07, 6.45) is 3.33. The van der Waals surface area contributed by atoms with E-state index in [4.69, 9.17) is 5.11 Å². The summed E-state index contributed by atoms with van der Waals surface area (Å²) in [6.45, 7) is 0.648. The summed E-state index contributed by atoms with van der Waals surface area (Å²) in [6, 6.07) is 15.7. The first kappa shape index (κ1) is 19.6. The first-order chi connectivity index (χ1) is 13.5. The zero-order valence-corrected chi connectivity index (χ0v) is 15.6. The summed E-state index contributed by atoms with van der Waals surface area (Å²) in [5.74, 6) is -1.13. The normalized spacial score (nSPS) is 16.4. The van der Waals surface area contributed by atoms with Crippen molar-refractivity contribution in [2.24, 2.45) is 0 Å². The first-order valence-corrected chi connectivity index (χ1v) is 9.54. The van der Waals surface area contributed by atoms with E-state index < -0.39 is 5.97 Å². The minimum absolute atomic E-state index is 0.0326. The van der Waals surface area contributed by atoms with Gasteiger partial charge in [-0.2, -0.15) is 0 Å². The fraction of sp³-hybridized carbons (Fsp3) is 0.318. The summed E-state index contributed by atoms with van der Waals surface area (Å²) in [5, 5.41) is 11.7. The van der Waals surface area contributed by atoms with Crippen LogP contribution in [0.5, 0.6) is 0 Å². The molecule has 1 aliphatic rings. The lowest BCUT2D eigenvalue weighted by atomic mass is 9.97. The number of hydrogen-bond donors (Lipinski definition) is 2. The van der Waals surface area contributed by atoms with Crippen molar-refractivity contribution in [1.29, 1.82) is 0 Å². The van der Waals surface area contributed by atoms with Gasteiger partial charge < -0.3 is 15.3 Å². The molecule has 6 heteroatoms. The largest absolute Gasteiger partial charge is 0.481 e. The van der Waals surface area contributed by atoms with E-state index in [9.17, 15) is 14.4 Å². The summed E-state index contributed by atoms with van der Waals surface area (Å²) in [7, 11) is 0. The number of benzene rings is 2. The predicted octanol–water partition coefficient (Wildman–Crippen LogP) is 3.80. The van der Waals surface area contributed by atoms with Crippen LogP contribution in [-0.4, -0.2) is 40.4 Å². The van der Waals surface area contributed by atoms with Gasteiger partial charge in [0.2, 0.25) is 0 Å². The monoisotopic (exact) mass is 380 g/mol. The van der Waals surface area contributed by atoms with Gasteiger partial charge in [-0.05, 0) is 62.1 Å². The van der Waals surface area contributed by atoms with Gasteiger partial charge in [0.1, 0.15) is 0 Å². The number of piperidine rings is 1. The van der Waals surface area contributed by atoms with Crippen LogP contribution in [0.25, 0.3) is 0 Å². The summed E-state index contributed by atoms with van der Waals surface area (Å²) < 4.78 is 0. The molecule has 1 heterocycles. The molecule has 1 aliphatic heterocycles. The molecule has 0 spiro atoms. The zero-order chi connectivity index (χ0) is 19.9. The summed E-state index contributed by atoms with van der Waals surface area (Å²) >= 11 is 0. The van der Waals surface area contributed by atoms with Crippen molar-refractivity contribution in [3.05, 3.63) is 65.7 Å². The SMILES string of the molecule is O=C(O)CCC1CCCCN1C(=O)c1ccc(NC(=O)c2ccccc2)cc1. The highest BCUT2D eigenvalue weighted by Gasteiger charge is 2.27. The second-order valence-electron chi connectivity index (χ2n) is 6.98. The quantitative estimate of drug-likeness (QED) is 0.798. The molecule has 2 amide bonds. The Morgan fingerprint density at radius 1 is 0.964 bits per heavy atom. The topological polar surface area (TPSA) is 86.7 Å². The standard InChI is InChI=1S/C22H24N2O4/c25-20(26)14-13-19-8-4-5-15-24(19)22(28)17-9-11-18(12-10-17)23-21(27)16-6-2-1-3-7-16/h1-3,6-7,9-12,19H,4-5,8,13-15H2,(H,23,27)(H,25,26). The molecule has 146 valence electrons. The summed E-state index contributed by atoms with van der Waals surface area (Å²) in [5.41, 5.74) is 1.73. The van der Waals surface area contributed by atoms with Gasteiger partial charge in [0.15, 0.2) is 0 Å². The smallest absolute Gasteiger partial charge is 0.303 e. The number of carboxylic acids is 1. The van der Waals surface area contributed by atoms with Crippen LogP contribution >= 0.6 is 0 Å². The second-order valence-corrected chi connectivity index (χ2v) is 6.98.